The number of ether oxygens (including phenoxy) is 1. The Labute approximate surface area is 170 Å². The first kappa shape index (κ1) is 20.6. The molecule has 0 saturated carbocycles. The predicted molar refractivity (Wildman–Crippen MR) is 113 cm³/mol. The number of anilines is 1. The highest BCUT2D eigenvalue weighted by Gasteiger charge is 2.25. The Morgan fingerprint density at radius 1 is 1.41 bits per heavy atom. The average molecular weight is 397 g/mol. The lowest BCUT2D eigenvalue weighted by molar-refractivity contribution is -0.125. The van der Waals surface area contributed by atoms with Crippen LogP contribution in [-0.2, 0) is 4.79 Å². The van der Waals surface area contributed by atoms with Crippen molar-refractivity contribution in [1.82, 2.24) is 19.8 Å². The zero-order chi connectivity index (χ0) is 20.8. The van der Waals surface area contributed by atoms with E-state index in [1.807, 2.05) is 43.3 Å². The molecule has 8 heteroatoms. The quantitative estimate of drug-likeness (QED) is 0.690. The Balaban J connectivity index is 1.67. The first-order valence-corrected chi connectivity index (χ1v) is 9.56. The van der Waals surface area contributed by atoms with E-state index in [9.17, 15) is 9.59 Å². The van der Waals surface area contributed by atoms with Crippen LogP contribution >= 0.6 is 0 Å². The molecule has 2 aromatic rings. The molecule has 1 amide bonds. The fraction of sp³-hybridized carbons (Fsp3) is 0.381. The van der Waals surface area contributed by atoms with Gasteiger partial charge in [-0.25, -0.2) is 4.98 Å². The number of hydrogen-bond donors (Lipinski definition) is 2. The molecule has 29 heavy (non-hydrogen) atoms. The fourth-order valence-electron chi connectivity index (χ4n) is 3.23. The molecule has 3 heterocycles. The summed E-state index contributed by atoms with van der Waals surface area (Å²) in [4.78, 5) is 35.3. The molecule has 0 aromatic carbocycles. The molecule has 3 rings (SSSR count). The van der Waals surface area contributed by atoms with Gasteiger partial charge in [-0.2, -0.15) is 0 Å². The molecular formula is C21H27N5O3. The summed E-state index contributed by atoms with van der Waals surface area (Å²) in [7, 11) is 5.48. The Kier molecular flexibility index (Phi) is 6.66. The van der Waals surface area contributed by atoms with Gasteiger partial charge in [0.05, 0.1) is 7.11 Å². The van der Waals surface area contributed by atoms with Crippen molar-refractivity contribution in [3.05, 3.63) is 53.1 Å². The number of nitrogens with zero attached hydrogens (tertiary/aromatic N) is 3. The molecule has 2 aromatic heterocycles. The lowest BCUT2D eigenvalue weighted by Gasteiger charge is -2.16. The van der Waals surface area contributed by atoms with E-state index in [-0.39, 0.29) is 17.5 Å². The topological polar surface area (TPSA) is 90.6 Å². The molecule has 0 spiro atoms. The number of likely N-dealkylation sites (N-methyl/N-ethyl adjacent to an activating group) is 1. The van der Waals surface area contributed by atoms with Crippen molar-refractivity contribution < 1.29 is 9.53 Å². The summed E-state index contributed by atoms with van der Waals surface area (Å²) < 4.78 is 5.17. The maximum atomic E-state index is 12.3. The van der Waals surface area contributed by atoms with E-state index >= 15 is 0 Å². The highest BCUT2D eigenvalue weighted by molar-refractivity contribution is 5.87. The molecule has 1 fully saturated rings. The Bertz CT molecular complexity index is 938. The van der Waals surface area contributed by atoms with E-state index < -0.39 is 0 Å². The number of amides is 1. The summed E-state index contributed by atoms with van der Waals surface area (Å²) in [6.45, 7) is 1.96. The minimum Gasteiger partial charge on any atom is -0.481 e. The number of hydrogen-bond acceptors (Lipinski definition) is 6. The van der Waals surface area contributed by atoms with Gasteiger partial charge in [0.15, 0.2) is 0 Å². The van der Waals surface area contributed by atoms with Gasteiger partial charge in [-0.15, -0.1) is 0 Å². The van der Waals surface area contributed by atoms with Crippen molar-refractivity contribution in [2.24, 2.45) is 0 Å². The van der Waals surface area contributed by atoms with Crippen LogP contribution in [0.25, 0.3) is 11.1 Å². The van der Waals surface area contributed by atoms with Gasteiger partial charge in [0.25, 0.3) is 5.56 Å². The molecule has 2 N–H and O–H groups in total. The number of likely N-dealkylation sites (tertiary alicyclic amines) is 1. The van der Waals surface area contributed by atoms with Gasteiger partial charge >= 0.3 is 0 Å². The molecule has 8 nitrogen and oxygen atoms in total. The third kappa shape index (κ3) is 5.45. The van der Waals surface area contributed by atoms with Gasteiger partial charge < -0.3 is 24.8 Å². The molecular weight excluding hydrogens is 370 g/mol. The molecule has 1 aliphatic heterocycles. The van der Waals surface area contributed by atoms with Crippen molar-refractivity contribution in [2.45, 2.75) is 12.5 Å². The number of rotatable bonds is 7. The number of methoxy groups -OCH3 is 1. The third-order valence-electron chi connectivity index (χ3n) is 4.77. The van der Waals surface area contributed by atoms with Crippen LogP contribution in [0.15, 0.2) is 47.5 Å². The van der Waals surface area contributed by atoms with Crippen LogP contribution in [0, 0.1) is 0 Å². The van der Waals surface area contributed by atoms with E-state index in [4.69, 9.17) is 4.74 Å². The van der Waals surface area contributed by atoms with Crippen molar-refractivity contribution in [3.63, 3.8) is 0 Å². The number of carbonyl (C=O) groups is 1. The number of pyridine rings is 2. The maximum Gasteiger partial charge on any atom is 0.271 e. The maximum absolute atomic E-state index is 12.3. The second-order valence-corrected chi connectivity index (χ2v) is 7.30. The standard InChI is InChI=1S/C21H27N5O3/c1-25(2)9-4-5-20(27)26-10-7-17(14-26)24-18-11-16(13-23-21(18)28)15-6-8-22-19(12-15)29-3/h4-6,8,11-13,17,24H,7,9-10,14H2,1-3H3,(H,23,28)/b5-4+. The molecule has 0 bridgehead atoms. The SMILES string of the molecule is COc1cc(-c2c[nH]c(=O)c(NC3CCN(C(=O)/C=C/CN(C)C)C3)c2)ccn1. The largest absolute Gasteiger partial charge is 0.481 e. The van der Waals surface area contributed by atoms with Crippen molar-refractivity contribution in [3.8, 4) is 17.0 Å². The molecule has 154 valence electrons. The smallest absolute Gasteiger partial charge is 0.271 e. The van der Waals surface area contributed by atoms with Gasteiger partial charge in [-0.05, 0) is 38.2 Å². The second kappa shape index (κ2) is 9.38. The molecule has 1 aliphatic rings. The number of H-pyrrole nitrogens is 1. The predicted octanol–water partition coefficient (Wildman–Crippen LogP) is 1.58. The Morgan fingerprint density at radius 2 is 2.24 bits per heavy atom. The number of carbonyl (C=O) groups excluding carboxylic acids is 1. The van der Waals surface area contributed by atoms with E-state index in [1.54, 1.807) is 30.5 Å². The van der Waals surface area contributed by atoms with E-state index in [0.29, 0.717) is 24.7 Å². The van der Waals surface area contributed by atoms with Crippen LogP contribution in [0.4, 0.5) is 5.69 Å². The zero-order valence-corrected chi connectivity index (χ0v) is 17.0. The summed E-state index contributed by atoms with van der Waals surface area (Å²) in [5, 5.41) is 3.29. The van der Waals surface area contributed by atoms with Gasteiger partial charge in [0.2, 0.25) is 11.8 Å². The summed E-state index contributed by atoms with van der Waals surface area (Å²) in [6, 6.07) is 5.52. The average Bonchev–Trinajstić information content (AvgIpc) is 3.18. The summed E-state index contributed by atoms with van der Waals surface area (Å²) in [6.07, 6.45) is 7.60. The summed E-state index contributed by atoms with van der Waals surface area (Å²) in [5.74, 6) is 0.512. The number of aromatic nitrogens is 2. The minimum atomic E-state index is -0.189. The molecule has 1 unspecified atom stereocenters. The molecule has 1 saturated heterocycles. The Hall–Kier alpha value is -3.13. The summed E-state index contributed by atoms with van der Waals surface area (Å²) >= 11 is 0. The van der Waals surface area contributed by atoms with Crippen LogP contribution in [0.2, 0.25) is 0 Å². The molecule has 0 radical (unpaired) electrons. The van der Waals surface area contributed by atoms with E-state index in [0.717, 1.165) is 24.1 Å². The highest BCUT2D eigenvalue weighted by Crippen LogP contribution is 2.23. The van der Waals surface area contributed by atoms with E-state index in [1.165, 1.54) is 0 Å². The van der Waals surface area contributed by atoms with Crippen molar-refractivity contribution in [1.29, 1.82) is 0 Å². The summed E-state index contributed by atoms with van der Waals surface area (Å²) in [5.41, 5.74) is 2.04. The second-order valence-electron chi connectivity index (χ2n) is 7.30. The van der Waals surface area contributed by atoms with Crippen molar-refractivity contribution >= 4 is 11.6 Å². The first-order chi connectivity index (χ1) is 14.0. The lowest BCUT2D eigenvalue weighted by atomic mass is 10.1. The van der Waals surface area contributed by atoms with Crippen LogP contribution in [0.3, 0.4) is 0 Å². The molecule has 0 aliphatic carbocycles. The minimum absolute atomic E-state index is 0.00249. The van der Waals surface area contributed by atoms with Crippen LogP contribution in [0.1, 0.15) is 6.42 Å². The van der Waals surface area contributed by atoms with Crippen LogP contribution in [-0.4, -0.2) is 72.6 Å². The monoisotopic (exact) mass is 397 g/mol. The van der Waals surface area contributed by atoms with Crippen molar-refractivity contribution in [2.75, 3.05) is 46.2 Å². The number of aromatic amines is 1. The van der Waals surface area contributed by atoms with Gasteiger partial charge in [-0.3, -0.25) is 9.59 Å². The highest BCUT2D eigenvalue weighted by atomic mass is 16.5. The normalized spacial score (nSPS) is 16.6. The van der Waals surface area contributed by atoms with Crippen LogP contribution < -0.4 is 15.6 Å². The fourth-order valence-corrected chi connectivity index (χ4v) is 3.23. The van der Waals surface area contributed by atoms with Crippen LogP contribution in [0.5, 0.6) is 5.88 Å². The zero-order valence-electron chi connectivity index (χ0n) is 17.0. The van der Waals surface area contributed by atoms with Gasteiger partial charge in [-0.1, -0.05) is 6.08 Å². The molecule has 1 atom stereocenters. The first-order valence-electron chi connectivity index (χ1n) is 9.56. The number of nitrogens with one attached hydrogen (secondary N) is 2. The lowest BCUT2D eigenvalue weighted by Crippen LogP contribution is -2.31. The van der Waals surface area contributed by atoms with Gasteiger partial charge in [0.1, 0.15) is 5.69 Å². The third-order valence-corrected chi connectivity index (χ3v) is 4.77. The van der Waals surface area contributed by atoms with E-state index in [2.05, 4.69) is 15.3 Å². The van der Waals surface area contributed by atoms with Gasteiger partial charge in [0, 0.05) is 55.8 Å². The Morgan fingerprint density at radius 3 is 3.00 bits per heavy atom.